The Labute approximate surface area is 155 Å². The predicted octanol–water partition coefficient (Wildman–Crippen LogP) is 2.07. The van der Waals surface area contributed by atoms with Gasteiger partial charge in [-0.15, -0.1) is 0 Å². The molecule has 1 unspecified atom stereocenters. The van der Waals surface area contributed by atoms with Crippen LogP contribution in [-0.4, -0.2) is 63.7 Å². The second-order valence-corrected chi connectivity index (χ2v) is 6.56. The lowest BCUT2D eigenvalue weighted by Gasteiger charge is -2.34. The number of carbonyl (C=O) groups is 1. The van der Waals surface area contributed by atoms with Crippen molar-refractivity contribution in [1.82, 2.24) is 24.8 Å². The quantitative estimate of drug-likeness (QED) is 0.707. The summed E-state index contributed by atoms with van der Waals surface area (Å²) in [6, 6.07) is 3.88. The lowest BCUT2D eigenvalue weighted by molar-refractivity contribution is 0.0646. The van der Waals surface area contributed by atoms with Crippen molar-refractivity contribution in [2.45, 2.75) is 18.9 Å². The molecule has 27 heavy (non-hydrogen) atoms. The summed E-state index contributed by atoms with van der Waals surface area (Å²) >= 11 is 0. The van der Waals surface area contributed by atoms with Crippen LogP contribution in [0.2, 0.25) is 0 Å². The summed E-state index contributed by atoms with van der Waals surface area (Å²) in [6.45, 7) is 1.38. The molecule has 9 nitrogen and oxygen atoms in total. The zero-order valence-electron chi connectivity index (χ0n) is 14.9. The van der Waals surface area contributed by atoms with Gasteiger partial charge in [0.15, 0.2) is 5.65 Å². The number of amides is 1. The number of hydrogen-bond donors (Lipinski definition) is 1. The molecule has 1 amide bonds. The number of aromatic amines is 1. The molecule has 4 heterocycles. The van der Waals surface area contributed by atoms with Crippen LogP contribution in [0.25, 0.3) is 21.9 Å². The molecule has 1 atom stereocenters. The Morgan fingerprint density at radius 3 is 3.22 bits per heavy atom. The van der Waals surface area contributed by atoms with E-state index in [1.54, 1.807) is 25.8 Å². The summed E-state index contributed by atoms with van der Waals surface area (Å²) in [6.07, 6.45) is 6.09. The number of nitriles is 1. The predicted molar refractivity (Wildman–Crippen MR) is 99.1 cm³/mol. The third-order valence-electron chi connectivity index (χ3n) is 4.73. The van der Waals surface area contributed by atoms with Gasteiger partial charge in [-0.1, -0.05) is 0 Å². The number of ether oxygens (including phenoxy) is 1. The average molecular weight is 365 g/mol. The van der Waals surface area contributed by atoms with Crippen LogP contribution in [-0.2, 0) is 4.74 Å². The van der Waals surface area contributed by atoms with Crippen LogP contribution in [0.15, 0.2) is 24.8 Å². The van der Waals surface area contributed by atoms with E-state index in [2.05, 4.69) is 24.8 Å². The Morgan fingerprint density at radius 2 is 2.37 bits per heavy atom. The zero-order chi connectivity index (χ0) is 18.8. The summed E-state index contributed by atoms with van der Waals surface area (Å²) in [5.41, 5.74) is 1.57. The maximum atomic E-state index is 12.1. The first kappa shape index (κ1) is 17.0. The van der Waals surface area contributed by atoms with Crippen molar-refractivity contribution in [3.05, 3.63) is 24.8 Å². The van der Waals surface area contributed by atoms with Gasteiger partial charge in [0.1, 0.15) is 18.5 Å². The summed E-state index contributed by atoms with van der Waals surface area (Å²) in [4.78, 5) is 31.8. The van der Waals surface area contributed by atoms with Crippen LogP contribution >= 0.6 is 0 Å². The molecule has 1 aliphatic heterocycles. The van der Waals surface area contributed by atoms with Crippen molar-refractivity contribution in [3.8, 4) is 6.07 Å². The second kappa shape index (κ2) is 7.07. The Morgan fingerprint density at radius 1 is 1.48 bits per heavy atom. The molecule has 1 fully saturated rings. The van der Waals surface area contributed by atoms with Gasteiger partial charge in [-0.05, 0) is 18.9 Å². The third kappa shape index (κ3) is 3.21. The molecule has 0 aromatic carbocycles. The SMILES string of the molecule is CN(CC#N)C(=O)OC1CCCN(c2nc[nH]c3cnc4nccc4c23)C1. The highest BCUT2D eigenvalue weighted by Gasteiger charge is 2.26. The van der Waals surface area contributed by atoms with E-state index in [9.17, 15) is 4.79 Å². The fourth-order valence-corrected chi connectivity index (χ4v) is 3.41. The summed E-state index contributed by atoms with van der Waals surface area (Å²) in [7, 11) is 1.56. The van der Waals surface area contributed by atoms with Gasteiger partial charge in [0.05, 0.1) is 36.0 Å². The molecule has 1 N–H and O–H groups in total. The molecule has 9 heteroatoms. The van der Waals surface area contributed by atoms with Crippen molar-refractivity contribution < 1.29 is 9.53 Å². The molecule has 3 aromatic rings. The van der Waals surface area contributed by atoms with Crippen LogP contribution in [0.4, 0.5) is 10.6 Å². The van der Waals surface area contributed by atoms with Crippen LogP contribution < -0.4 is 4.90 Å². The Kier molecular flexibility index (Phi) is 4.46. The van der Waals surface area contributed by atoms with E-state index in [1.165, 1.54) is 4.90 Å². The van der Waals surface area contributed by atoms with Gasteiger partial charge in [0.2, 0.25) is 0 Å². The maximum Gasteiger partial charge on any atom is 0.410 e. The third-order valence-corrected chi connectivity index (χ3v) is 4.73. The van der Waals surface area contributed by atoms with Gasteiger partial charge in [-0.25, -0.2) is 19.7 Å². The number of anilines is 1. The minimum absolute atomic E-state index is 0.00491. The van der Waals surface area contributed by atoms with Crippen LogP contribution in [0.3, 0.4) is 0 Å². The van der Waals surface area contributed by atoms with Crippen molar-refractivity contribution in [3.63, 3.8) is 0 Å². The number of nitrogens with one attached hydrogen (secondary N) is 1. The first-order chi connectivity index (χ1) is 13.2. The van der Waals surface area contributed by atoms with Crippen LogP contribution in [0.5, 0.6) is 0 Å². The highest BCUT2D eigenvalue weighted by molar-refractivity contribution is 6.08. The number of rotatable bonds is 3. The number of piperidine rings is 1. The molecule has 1 saturated heterocycles. The largest absolute Gasteiger partial charge is 0.444 e. The lowest BCUT2D eigenvalue weighted by atomic mass is 10.1. The van der Waals surface area contributed by atoms with E-state index in [4.69, 9.17) is 10.00 Å². The van der Waals surface area contributed by atoms with Gasteiger partial charge >= 0.3 is 6.09 Å². The van der Waals surface area contributed by atoms with Crippen molar-refractivity contribution in [2.75, 3.05) is 31.6 Å². The highest BCUT2D eigenvalue weighted by Crippen LogP contribution is 2.31. The molecular weight excluding hydrogens is 346 g/mol. The molecule has 0 bridgehead atoms. The van der Waals surface area contributed by atoms with E-state index in [1.807, 2.05) is 12.1 Å². The Bertz CT molecular complexity index is 1030. The standard InChI is InChI=1S/C18H19N7O2/c1-24(8-5-19)18(26)27-12-3-2-7-25(10-12)17-15-13-4-6-20-16(13)21-9-14(15)22-11-23-17/h4,6,9,11-12H,2-3,7-8,10H2,1H3,(H,22,23). The summed E-state index contributed by atoms with van der Waals surface area (Å²) in [5, 5.41) is 10.6. The smallest absolute Gasteiger partial charge is 0.410 e. The fourth-order valence-electron chi connectivity index (χ4n) is 3.41. The zero-order valence-corrected chi connectivity index (χ0v) is 14.9. The van der Waals surface area contributed by atoms with Crippen molar-refractivity contribution in [2.24, 2.45) is 0 Å². The topological polar surface area (TPSA) is 111 Å². The number of carbonyl (C=O) groups excluding carboxylic acids is 1. The second-order valence-electron chi connectivity index (χ2n) is 6.56. The van der Waals surface area contributed by atoms with Gasteiger partial charge < -0.3 is 14.6 Å². The van der Waals surface area contributed by atoms with Gasteiger partial charge in [0.25, 0.3) is 0 Å². The number of fused-ring (bicyclic) bond motifs is 3. The molecule has 0 radical (unpaired) electrons. The van der Waals surface area contributed by atoms with Gasteiger partial charge in [-0.3, -0.25) is 4.90 Å². The number of H-pyrrole nitrogens is 1. The Hall–Kier alpha value is -3.41. The minimum atomic E-state index is -0.477. The molecular formula is C18H19N7O2. The normalized spacial score (nSPS) is 17.0. The fraction of sp³-hybridized carbons (Fsp3) is 0.389. The van der Waals surface area contributed by atoms with E-state index in [0.29, 0.717) is 12.2 Å². The van der Waals surface area contributed by atoms with Crippen molar-refractivity contribution >= 4 is 33.8 Å². The number of hydrogen-bond acceptors (Lipinski definition) is 7. The van der Waals surface area contributed by atoms with Gasteiger partial charge in [0, 0.05) is 25.2 Å². The lowest BCUT2D eigenvalue weighted by Crippen LogP contribution is -2.43. The van der Waals surface area contributed by atoms with Crippen LogP contribution in [0, 0.1) is 11.3 Å². The number of pyridine rings is 1. The molecule has 3 aromatic heterocycles. The molecule has 4 rings (SSSR count). The summed E-state index contributed by atoms with van der Waals surface area (Å²) < 4.78 is 5.58. The average Bonchev–Trinajstić information content (AvgIpc) is 3.17. The van der Waals surface area contributed by atoms with Gasteiger partial charge in [-0.2, -0.15) is 5.26 Å². The van der Waals surface area contributed by atoms with E-state index >= 15 is 0 Å². The van der Waals surface area contributed by atoms with E-state index in [0.717, 1.165) is 41.5 Å². The van der Waals surface area contributed by atoms with Crippen molar-refractivity contribution in [1.29, 1.82) is 5.26 Å². The molecule has 0 saturated carbocycles. The number of aromatic nitrogens is 4. The van der Waals surface area contributed by atoms with E-state index in [-0.39, 0.29) is 12.6 Å². The van der Waals surface area contributed by atoms with E-state index < -0.39 is 6.09 Å². The first-order valence-electron chi connectivity index (χ1n) is 8.78. The molecule has 0 aliphatic carbocycles. The minimum Gasteiger partial charge on any atom is -0.444 e. The first-order valence-corrected chi connectivity index (χ1v) is 8.78. The highest BCUT2D eigenvalue weighted by atomic mass is 16.6. The molecule has 0 spiro atoms. The Balaban J connectivity index is 1.61. The number of nitrogens with zero attached hydrogens (tertiary/aromatic N) is 6. The molecule has 1 aliphatic rings. The monoisotopic (exact) mass is 365 g/mol. The maximum absolute atomic E-state index is 12.1. The molecule has 138 valence electrons. The summed E-state index contributed by atoms with van der Waals surface area (Å²) in [5.74, 6) is 0.829. The van der Waals surface area contributed by atoms with Crippen LogP contribution in [0.1, 0.15) is 12.8 Å².